The van der Waals surface area contributed by atoms with Crippen LogP contribution in [0.4, 0.5) is 0 Å². The maximum atomic E-state index is 12.4. The van der Waals surface area contributed by atoms with Crippen LogP contribution in [0.3, 0.4) is 0 Å². The molecular formula is C17H27N3O. The maximum Gasteiger partial charge on any atom is 0.229 e. The number of rotatable bonds is 6. The summed E-state index contributed by atoms with van der Waals surface area (Å²) in [6, 6.07) is 9.94. The van der Waals surface area contributed by atoms with Crippen LogP contribution in [-0.4, -0.2) is 43.0 Å². The smallest absolute Gasteiger partial charge is 0.229 e. The van der Waals surface area contributed by atoms with Crippen LogP contribution < -0.4 is 11.1 Å². The Morgan fingerprint density at radius 2 is 1.90 bits per heavy atom. The second kappa shape index (κ2) is 8.15. The third kappa shape index (κ3) is 4.83. The molecule has 0 radical (unpaired) electrons. The van der Waals surface area contributed by atoms with Crippen LogP contribution in [0, 0.1) is 0 Å². The molecule has 21 heavy (non-hydrogen) atoms. The number of carbonyl (C=O) groups excluding carboxylic acids is 1. The van der Waals surface area contributed by atoms with Gasteiger partial charge in [0, 0.05) is 19.1 Å². The van der Waals surface area contributed by atoms with E-state index in [0.717, 1.165) is 25.2 Å². The molecule has 0 aromatic heterocycles. The van der Waals surface area contributed by atoms with Crippen molar-refractivity contribution in [1.82, 2.24) is 10.2 Å². The van der Waals surface area contributed by atoms with E-state index in [1.54, 1.807) is 0 Å². The molecule has 2 rings (SSSR count). The van der Waals surface area contributed by atoms with E-state index < -0.39 is 0 Å². The highest BCUT2D eigenvalue weighted by molar-refractivity contribution is 5.84. The molecule has 2 unspecified atom stereocenters. The van der Waals surface area contributed by atoms with Crippen LogP contribution in [0.2, 0.25) is 0 Å². The Balaban J connectivity index is 1.86. The normalized spacial score (nSPS) is 19.0. The number of nitrogens with one attached hydrogen (secondary N) is 1. The molecular weight excluding hydrogens is 262 g/mol. The Hall–Kier alpha value is -1.39. The summed E-state index contributed by atoms with van der Waals surface area (Å²) in [5.41, 5.74) is 6.78. The van der Waals surface area contributed by atoms with E-state index in [2.05, 4.69) is 17.1 Å². The number of benzene rings is 1. The van der Waals surface area contributed by atoms with Crippen molar-refractivity contribution in [3.05, 3.63) is 35.9 Å². The third-order valence-electron chi connectivity index (χ3n) is 4.12. The molecule has 3 N–H and O–H groups in total. The second-order valence-corrected chi connectivity index (χ2v) is 5.97. The number of hydrogen-bond acceptors (Lipinski definition) is 3. The quantitative estimate of drug-likeness (QED) is 0.838. The van der Waals surface area contributed by atoms with Gasteiger partial charge in [-0.15, -0.1) is 0 Å². The van der Waals surface area contributed by atoms with Crippen LogP contribution in [0.25, 0.3) is 0 Å². The zero-order chi connectivity index (χ0) is 15.1. The lowest BCUT2D eigenvalue weighted by Gasteiger charge is -2.30. The number of nitrogens with zero attached hydrogens (tertiary/aromatic N) is 1. The first kappa shape index (κ1) is 16.0. The number of piperidine rings is 1. The van der Waals surface area contributed by atoms with Gasteiger partial charge in [-0.3, -0.25) is 4.79 Å². The third-order valence-corrected chi connectivity index (χ3v) is 4.12. The first-order valence-electron chi connectivity index (χ1n) is 7.98. The van der Waals surface area contributed by atoms with Crippen molar-refractivity contribution >= 4 is 5.91 Å². The zero-order valence-corrected chi connectivity index (χ0v) is 12.9. The van der Waals surface area contributed by atoms with Crippen molar-refractivity contribution < 1.29 is 4.79 Å². The van der Waals surface area contributed by atoms with Crippen molar-refractivity contribution in [2.24, 2.45) is 5.73 Å². The topological polar surface area (TPSA) is 58.4 Å². The summed E-state index contributed by atoms with van der Waals surface area (Å²) in [4.78, 5) is 14.9. The molecule has 1 aromatic rings. The summed E-state index contributed by atoms with van der Waals surface area (Å²) in [7, 11) is 0. The van der Waals surface area contributed by atoms with Gasteiger partial charge < -0.3 is 16.0 Å². The Morgan fingerprint density at radius 1 is 1.24 bits per heavy atom. The fraction of sp³-hybridized carbons (Fsp3) is 0.588. The molecule has 4 nitrogen and oxygen atoms in total. The van der Waals surface area contributed by atoms with E-state index in [4.69, 9.17) is 5.73 Å². The average Bonchev–Trinajstić information content (AvgIpc) is 2.50. The molecule has 2 atom stereocenters. The Morgan fingerprint density at radius 3 is 2.52 bits per heavy atom. The van der Waals surface area contributed by atoms with Crippen LogP contribution >= 0.6 is 0 Å². The standard InChI is InChI=1S/C17H27N3O/c1-14(13-20-10-6-3-7-11-20)19-17(21)16(12-18)15-8-4-2-5-9-15/h2,4-5,8-9,14,16H,3,6-7,10-13,18H2,1H3,(H,19,21). The molecule has 1 aliphatic heterocycles. The predicted molar refractivity (Wildman–Crippen MR) is 86.1 cm³/mol. The number of carbonyl (C=O) groups is 1. The van der Waals surface area contributed by atoms with E-state index in [1.165, 1.54) is 19.3 Å². The molecule has 0 saturated carbocycles. The van der Waals surface area contributed by atoms with Crippen molar-refractivity contribution in [1.29, 1.82) is 0 Å². The summed E-state index contributed by atoms with van der Waals surface area (Å²) >= 11 is 0. The van der Waals surface area contributed by atoms with Crippen LogP contribution in [0.1, 0.15) is 37.7 Å². The summed E-state index contributed by atoms with van der Waals surface area (Å²) < 4.78 is 0. The molecule has 4 heteroatoms. The minimum atomic E-state index is -0.255. The predicted octanol–water partition coefficient (Wildman–Crippen LogP) is 1.72. The number of likely N-dealkylation sites (tertiary alicyclic amines) is 1. The molecule has 0 bridgehead atoms. The van der Waals surface area contributed by atoms with E-state index in [1.807, 2.05) is 30.3 Å². The van der Waals surface area contributed by atoms with Gasteiger partial charge in [0.05, 0.1) is 5.92 Å². The Kier molecular flexibility index (Phi) is 6.21. The summed E-state index contributed by atoms with van der Waals surface area (Å²) in [5.74, 6) is -0.219. The molecule has 0 spiro atoms. The van der Waals surface area contributed by atoms with Gasteiger partial charge in [0.25, 0.3) is 0 Å². The first-order chi connectivity index (χ1) is 10.2. The van der Waals surface area contributed by atoms with Crippen molar-refractivity contribution in [3.8, 4) is 0 Å². The van der Waals surface area contributed by atoms with Crippen molar-refractivity contribution in [2.75, 3.05) is 26.2 Å². The zero-order valence-electron chi connectivity index (χ0n) is 12.9. The lowest BCUT2D eigenvalue weighted by Crippen LogP contribution is -2.46. The highest BCUT2D eigenvalue weighted by Crippen LogP contribution is 2.15. The van der Waals surface area contributed by atoms with Gasteiger partial charge >= 0.3 is 0 Å². The maximum absolute atomic E-state index is 12.4. The molecule has 1 heterocycles. The van der Waals surface area contributed by atoms with Crippen molar-refractivity contribution in [3.63, 3.8) is 0 Å². The fourth-order valence-electron chi connectivity index (χ4n) is 3.00. The molecule has 116 valence electrons. The first-order valence-corrected chi connectivity index (χ1v) is 7.98. The van der Waals surface area contributed by atoms with Gasteiger partial charge in [0.2, 0.25) is 5.91 Å². The summed E-state index contributed by atoms with van der Waals surface area (Å²) in [6.07, 6.45) is 3.88. The second-order valence-electron chi connectivity index (χ2n) is 5.97. The van der Waals surface area contributed by atoms with E-state index in [-0.39, 0.29) is 17.9 Å². The van der Waals surface area contributed by atoms with Gasteiger partial charge in [-0.25, -0.2) is 0 Å². The number of amides is 1. The SMILES string of the molecule is CC(CN1CCCCC1)NC(=O)C(CN)c1ccccc1. The molecule has 1 aliphatic rings. The number of hydrogen-bond donors (Lipinski definition) is 2. The van der Waals surface area contributed by atoms with Gasteiger partial charge in [-0.05, 0) is 38.4 Å². The largest absolute Gasteiger partial charge is 0.352 e. The minimum Gasteiger partial charge on any atom is -0.352 e. The van der Waals surface area contributed by atoms with Gasteiger partial charge in [-0.1, -0.05) is 36.8 Å². The lowest BCUT2D eigenvalue weighted by atomic mass is 9.98. The average molecular weight is 289 g/mol. The molecule has 1 aromatic carbocycles. The Labute approximate surface area is 127 Å². The molecule has 1 fully saturated rings. The van der Waals surface area contributed by atoms with Gasteiger partial charge in [0.1, 0.15) is 0 Å². The highest BCUT2D eigenvalue weighted by atomic mass is 16.2. The monoisotopic (exact) mass is 289 g/mol. The van der Waals surface area contributed by atoms with Crippen molar-refractivity contribution in [2.45, 2.75) is 38.1 Å². The number of nitrogens with two attached hydrogens (primary N) is 1. The van der Waals surface area contributed by atoms with Crippen LogP contribution in [-0.2, 0) is 4.79 Å². The summed E-state index contributed by atoms with van der Waals surface area (Å²) in [6.45, 7) is 5.65. The van der Waals surface area contributed by atoms with E-state index >= 15 is 0 Å². The van der Waals surface area contributed by atoms with Gasteiger partial charge in [-0.2, -0.15) is 0 Å². The summed E-state index contributed by atoms with van der Waals surface area (Å²) in [5, 5.41) is 3.12. The highest BCUT2D eigenvalue weighted by Gasteiger charge is 2.21. The van der Waals surface area contributed by atoms with Crippen LogP contribution in [0.5, 0.6) is 0 Å². The van der Waals surface area contributed by atoms with E-state index in [0.29, 0.717) is 6.54 Å². The molecule has 1 amide bonds. The Bertz CT molecular complexity index is 429. The molecule has 1 saturated heterocycles. The lowest BCUT2D eigenvalue weighted by molar-refractivity contribution is -0.123. The molecule has 0 aliphatic carbocycles. The minimum absolute atomic E-state index is 0.0354. The van der Waals surface area contributed by atoms with Crippen LogP contribution in [0.15, 0.2) is 30.3 Å². The van der Waals surface area contributed by atoms with Gasteiger partial charge in [0.15, 0.2) is 0 Å². The fourth-order valence-corrected chi connectivity index (χ4v) is 3.00. The van der Waals surface area contributed by atoms with E-state index in [9.17, 15) is 4.79 Å².